The first-order chi connectivity index (χ1) is 9.06. The van der Waals surface area contributed by atoms with Crippen LogP contribution in [0.1, 0.15) is 28.9 Å². The second-order valence-electron chi connectivity index (χ2n) is 4.39. The van der Waals surface area contributed by atoms with Crippen LogP contribution >= 0.6 is 23.2 Å². The van der Waals surface area contributed by atoms with E-state index in [1.165, 1.54) is 6.26 Å². The van der Waals surface area contributed by atoms with E-state index in [9.17, 15) is 5.11 Å². The van der Waals surface area contributed by atoms with Crippen LogP contribution in [-0.4, -0.2) is 11.7 Å². The van der Waals surface area contributed by atoms with Gasteiger partial charge in [0.1, 0.15) is 11.9 Å². The number of aliphatic hydroxyl groups excluding tert-OH is 1. The second-order valence-corrected chi connectivity index (χ2v) is 5.20. The highest BCUT2D eigenvalue weighted by Gasteiger charge is 2.28. The molecule has 0 saturated heterocycles. The van der Waals surface area contributed by atoms with Gasteiger partial charge in [-0.05, 0) is 36.2 Å². The monoisotopic (exact) mass is 299 g/mol. The second kappa shape index (κ2) is 5.97. The van der Waals surface area contributed by atoms with Crippen molar-refractivity contribution in [1.82, 2.24) is 0 Å². The molecule has 2 unspecified atom stereocenters. The molecule has 102 valence electrons. The molecule has 0 saturated carbocycles. The van der Waals surface area contributed by atoms with Gasteiger partial charge in [0.25, 0.3) is 0 Å². The molecule has 1 aromatic heterocycles. The molecule has 0 aliphatic rings. The number of nitrogens with two attached hydrogens (primary N) is 1. The average molecular weight is 300 g/mol. The van der Waals surface area contributed by atoms with Gasteiger partial charge >= 0.3 is 0 Å². The molecule has 2 rings (SSSR count). The topological polar surface area (TPSA) is 59.4 Å². The third-order valence-corrected chi connectivity index (χ3v) is 3.84. The molecule has 1 heterocycles. The van der Waals surface area contributed by atoms with Gasteiger partial charge in [-0.3, -0.25) is 0 Å². The predicted molar refractivity (Wildman–Crippen MR) is 76.7 cm³/mol. The molecule has 0 bridgehead atoms. The highest BCUT2D eigenvalue weighted by Crippen LogP contribution is 2.39. The van der Waals surface area contributed by atoms with E-state index in [-0.39, 0.29) is 6.54 Å². The zero-order chi connectivity index (χ0) is 14.0. The highest BCUT2D eigenvalue weighted by molar-refractivity contribution is 6.36. The molecule has 2 atom stereocenters. The van der Waals surface area contributed by atoms with E-state index in [2.05, 4.69) is 0 Å². The summed E-state index contributed by atoms with van der Waals surface area (Å²) in [5.41, 5.74) is 7.30. The molecule has 19 heavy (non-hydrogen) atoms. The molecule has 0 spiro atoms. The van der Waals surface area contributed by atoms with Gasteiger partial charge in [-0.15, -0.1) is 0 Å². The number of rotatable bonds is 4. The van der Waals surface area contributed by atoms with Crippen LogP contribution in [0, 0.1) is 6.92 Å². The maximum absolute atomic E-state index is 10.5. The van der Waals surface area contributed by atoms with Crippen LogP contribution in [0.2, 0.25) is 10.0 Å². The lowest BCUT2D eigenvalue weighted by Crippen LogP contribution is -2.21. The van der Waals surface area contributed by atoms with Crippen molar-refractivity contribution < 1.29 is 9.52 Å². The Bertz CT molecular complexity index is 548. The van der Waals surface area contributed by atoms with E-state index >= 15 is 0 Å². The van der Waals surface area contributed by atoms with E-state index in [1.54, 1.807) is 24.3 Å². The van der Waals surface area contributed by atoms with Crippen molar-refractivity contribution in [1.29, 1.82) is 0 Å². The SMILES string of the molecule is Cc1ccoc1C(O)C(CN)c1c(Cl)cccc1Cl. The Labute approximate surface area is 121 Å². The number of aliphatic hydroxyl groups is 1. The van der Waals surface area contributed by atoms with Crippen LogP contribution in [0.4, 0.5) is 0 Å². The first kappa shape index (κ1) is 14.4. The summed E-state index contributed by atoms with van der Waals surface area (Å²) in [4.78, 5) is 0. The Balaban J connectivity index is 2.43. The maximum Gasteiger partial charge on any atom is 0.135 e. The summed E-state index contributed by atoms with van der Waals surface area (Å²) < 4.78 is 5.32. The molecule has 0 fully saturated rings. The summed E-state index contributed by atoms with van der Waals surface area (Å²) in [5.74, 6) is 0.0810. The number of hydrogen-bond acceptors (Lipinski definition) is 3. The average Bonchev–Trinajstić information content (AvgIpc) is 2.79. The van der Waals surface area contributed by atoms with Gasteiger partial charge in [0.05, 0.1) is 6.26 Å². The first-order valence-electron chi connectivity index (χ1n) is 5.92. The quantitative estimate of drug-likeness (QED) is 0.905. The van der Waals surface area contributed by atoms with Crippen LogP contribution in [0.15, 0.2) is 34.9 Å². The predicted octanol–water partition coefficient (Wildman–Crippen LogP) is 3.67. The van der Waals surface area contributed by atoms with E-state index in [0.717, 1.165) is 5.56 Å². The summed E-state index contributed by atoms with van der Waals surface area (Å²) in [7, 11) is 0. The van der Waals surface area contributed by atoms with E-state index < -0.39 is 12.0 Å². The van der Waals surface area contributed by atoms with Crippen molar-refractivity contribution in [2.45, 2.75) is 18.9 Å². The lowest BCUT2D eigenvalue weighted by atomic mass is 9.91. The molecule has 3 nitrogen and oxygen atoms in total. The van der Waals surface area contributed by atoms with Crippen molar-refractivity contribution >= 4 is 23.2 Å². The summed E-state index contributed by atoms with van der Waals surface area (Å²) in [6, 6.07) is 7.01. The molecule has 0 amide bonds. The van der Waals surface area contributed by atoms with Crippen molar-refractivity contribution in [2.75, 3.05) is 6.54 Å². The fraction of sp³-hybridized carbons (Fsp3) is 0.286. The van der Waals surface area contributed by atoms with Crippen LogP contribution in [0.5, 0.6) is 0 Å². The first-order valence-corrected chi connectivity index (χ1v) is 6.68. The molecule has 0 aliphatic heterocycles. The van der Waals surface area contributed by atoms with Gasteiger partial charge in [-0.2, -0.15) is 0 Å². The minimum atomic E-state index is -0.877. The van der Waals surface area contributed by atoms with Crippen molar-refractivity contribution in [3.8, 4) is 0 Å². The number of hydrogen-bond donors (Lipinski definition) is 2. The minimum Gasteiger partial charge on any atom is -0.466 e. The van der Waals surface area contributed by atoms with Gasteiger partial charge < -0.3 is 15.3 Å². The Hall–Kier alpha value is -1.00. The number of benzene rings is 1. The molecular weight excluding hydrogens is 285 g/mol. The van der Waals surface area contributed by atoms with Crippen LogP contribution in [-0.2, 0) is 0 Å². The van der Waals surface area contributed by atoms with E-state index in [0.29, 0.717) is 21.4 Å². The summed E-state index contributed by atoms with van der Waals surface area (Å²) in [5, 5.41) is 11.4. The van der Waals surface area contributed by atoms with Crippen LogP contribution in [0.3, 0.4) is 0 Å². The van der Waals surface area contributed by atoms with Crippen molar-refractivity contribution in [3.05, 3.63) is 57.5 Å². The largest absolute Gasteiger partial charge is 0.466 e. The van der Waals surface area contributed by atoms with Gasteiger partial charge in [-0.1, -0.05) is 29.3 Å². The Kier molecular flexibility index (Phi) is 4.53. The molecule has 3 N–H and O–H groups in total. The molecule has 1 aromatic carbocycles. The highest BCUT2D eigenvalue weighted by atomic mass is 35.5. The minimum absolute atomic E-state index is 0.213. The zero-order valence-electron chi connectivity index (χ0n) is 10.4. The smallest absolute Gasteiger partial charge is 0.135 e. The lowest BCUT2D eigenvalue weighted by Gasteiger charge is -2.23. The maximum atomic E-state index is 10.5. The van der Waals surface area contributed by atoms with E-state index in [4.69, 9.17) is 33.4 Å². The third kappa shape index (κ3) is 2.79. The van der Waals surface area contributed by atoms with Crippen LogP contribution < -0.4 is 5.73 Å². The third-order valence-electron chi connectivity index (χ3n) is 3.18. The molecular formula is C14H15Cl2NO2. The number of aryl methyl sites for hydroxylation is 1. The fourth-order valence-electron chi connectivity index (χ4n) is 2.14. The Morgan fingerprint density at radius 2 is 1.89 bits per heavy atom. The standard InChI is InChI=1S/C14H15Cl2NO2/c1-8-5-6-19-14(8)13(18)9(7-17)12-10(15)3-2-4-11(12)16/h2-6,9,13,18H,7,17H2,1H3. The van der Waals surface area contributed by atoms with Gasteiger partial charge in [0.2, 0.25) is 0 Å². The van der Waals surface area contributed by atoms with Gasteiger partial charge in [0.15, 0.2) is 0 Å². The van der Waals surface area contributed by atoms with Gasteiger partial charge in [-0.25, -0.2) is 0 Å². The molecule has 0 aliphatic carbocycles. The normalized spacial score (nSPS) is 14.4. The molecule has 2 aromatic rings. The Morgan fingerprint density at radius 1 is 1.26 bits per heavy atom. The summed E-state index contributed by atoms with van der Waals surface area (Å²) in [6.07, 6.45) is 0.660. The number of halogens is 2. The number of furan rings is 1. The van der Waals surface area contributed by atoms with Crippen LogP contribution in [0.25, 0.3) is 0 Å². The summed E-state index contributed by atoms with van der Waals surface area (Å²) >= 11 is 12.3. The Morgan fingerprint density at radius 3 is 2.37 bits per heavy atom. The van der Waals surface area contributed by atoms with Crippen molar-refractivity contribution in [2.24, 2.45) is 5.73 Å². The lowest BCUT2D eigenvalue weighted by molar-refractivity contribution is 0.121. The summed E-state index contributed by atoms with van der Waals surface area (Å²) in [6.45, 7) is 2.08. The van der Waals surface area contributed by atoms with Gasteiger partial charge in [0, 0.05) is 22.5 Å². The fourth-order valence-corrected chi connectivity index (χ4v) is 2.82. The van der Waals surface area contributed by atoms with Crippen molar-refractivity contribution in [3.63, 3.8) is 0 Å². The molecule has 0 radical (unpaired) electrons. The van der Waals surface area contributed by atoms with E-state index in [1.807, 2.05) is 6.92 Å². The zero-order valence-corrected chi connectivity index (χ0v) is 11.9. The molecule has 5 heteroatoms.